The van der Waals surface area contributed by atoms with Gasteiger partial charge in [-0.15, -0.1) is 11.6 Å². The summed E-state index contributed by atoms with van der Waals surface area (Å²) in [6, 6.07) is 5.41. The van der Waals surface area contributed by atoms with Crippen LogP contribution >= 0.6 is 11.6 Å². The maximum absolute atomic E-state index is 12.4. The lowest BCUT2D eigenvalue weighted by Gasteiger charge is -2.14. The molecule has 1 aliphatic rings. The van der Waals surface area contributed by atoms with Gasteiger partial charge in [-0.05, 0) is 42.9 Å². The Balaban J connectivity index is 2.03. The van der Waals surface area contributed by atoms with Gasteiger partial charge in [0, 0.05) is 5.38 Å². The number of hydrogen-bond acceptors (Lipinski definition) is 0. The molecule has 1 saturated carbocycles. The molecule has 17 heavy (non-hydrogen) atoms. The Morgan fingerprint density at radius 1 is 1.12 bits per heavy atom. The molecule has 0 aliphatic heterocycles. The first kappa shape index (κ1) is 12.7. The van der Waals surface area contributed by atoms with Gasteiger partial charge in [-0.25, -0.2) is 0 Å². The SMILES string of the molecule is FC(F)(F)c1ccc(CC2CCCC2Cl)cc1. The summed E-state index contributed by atoms with van der Waals surface area (Å²) in [6.07, 6.45) is -0.241. The minimum Gasteiger partial charge on any atom is -0.166 e. The van der Waals surface area contributed by atoms with Crippen LogP contribution in [-0.4, -0.2) is 5.38 Å². The second-order valence-electron chi connectivity index (χ2n) is 4.61. The maximum atomic E-state index is 12.4. The molecule has 0 saturated heterocycles. The highest BCUT2D eigenvalue weighted by Crippen LogP contribution is 2.34. The summed E-state index contributed by atoms with van der Waals surface area (Å²) in [4.78, 5) is 0. The third kappa shape index (κ3) is 3.15. The Hall–Kier alpha value is -0.700. The molecule has 2 atom stereocenters. The van der Waals surface area contributed by atoms with Gasteiger partial charge in [0.05, 0.1) is 5.56 Å². The van der Waals surface area contributed by atoms with Crippen LogP contribution in [0.3, 0.4) is 0 Å². The molecule has 0 heterocycles. The zero-order valence-corrected chi connectivity index (χ0v) is 10.1. The van der Waals surface area contributed by atoms with Crippen LogP contribution in [-0.2, 0) is 12.6 Å². The highest BCUT2D eigenvalue weighted by molar-refractivity contribution is 6.20. The highest BCUT2D eigenvalue weighted by Gasteiger charge is 2.30. The Labute approximate surface area is 104 Å². The van der Waals surface area contributed by atoms with Gasteiger partial charge in [-0.3, -0.25) is 0 Å². The van der Waals surface area contributed by atoms with Crippen LogP contribution in [0.5, 0.6) is 0 Å². The van der Waals surface area contributed by atoms with Crippen LogP contribution in [0, 0.1) is 5.92 Å². The van der Waals surface area contributed by atoms with Crippen molar-refractivity contribution in [2.75, 3.05) is 0 Å². The summed E-state index contributed by atoms with van der Waals surface area (Å²) in [6.45, 7) is 0. The van der Waals surface area contributed by atoms with E-state index in [9.17, 15) is 13.2 Å². The molecule has 0 bridgehead atoms. The van der Waals surface area contributed by atoms with Crippen molar-refractivity contribution in [1.29, 1.82) is 0 Å². The summed E-state index contributed by atoms with van der Waals surface area (Å²) in [5.41, 5.74) is 0.352. The summed E-state index contributed by atoms with van der Waals surface area (Å²) in [5.74, 6) is 0.411. The third-order valence-electron chi connectivity index (χ3n) is 3.35. The van der Waals surface area contributed by atoms with Crippen LogP contribution in [0.15, 0.2) is 24.3 Å². The number of benzene rings is 1. The monoisotopic (exact) mass is 262 g/mol. The molecule has 94 valence electrons. The van der Waals surface area contributed by atoms with Crippen molar-refractivity contribution in [2.24, 2.45) is 5.92 Å². The number of rotatable bonds is 2. The van der Waals surface area contributed by atoms with Crippen molar-refractivity contribution in [3.05, 3.63) is 35.4 Å². The largest absolute Gasteiger partial charge is 0.416 e. The smallest absolute Gasteiger partial charge is 0.166 e. The first-order valence-electron chi connectivity index (χ1n) is 5.77. The normalized spacial score (nSPS) is 25.2. The summed E-state index contributed by atoms with van der Waals surface area (Å²) in [7, 11) is 0. The minimum atomic E-state index is -4.25. The lowest BCUT2D eigenvalue weighted by Crippen LogP contribution is -2.10. The van der Waals surface area contributed by atoms with Gasteiger partial charge in [0.1, 0.15) is 0 Å². The average Bonchev–Trinajstić information content (AvgIpc) is 2.64. The van der Waals surface area contributed by atoms with Crippen molar-refractivity contribution in [3.8, 4) is 0 Å². The Morgan fingerprint density at radius 2 is 1.76 bits per heavy atom. The fourth-order valence-corrected chi connectivity index (χ4v) is 2.72. The predicted octanol–water partition coefficient (Wildman–Crippen LogP) is 4.66. The van der Waals surface area contributed by atoms with Crippen molar-refractivity contribution in [3.63, 3.8) is 0 Å². The Bertz CT molecular complexity index is 369. The maximum Gasteiger partial charge on any atom is 0.416 e. The third-order valence-corrected chi connectivity index (χ3v) is 3.92. The lowest BCUT2D eigenvalue weighted by atomic mass is 9.97. The molecule has 1 aliphatic carbocycles. The van der Waals surface area contributed by atoms with Crippen LogP contribution in [0.4, 0.5) is 13.2 Å². The lowest BCUT2D eigenvalue weighted by molar-refractivity contribution is -0.137. The zero-order chi connectivity index (χ0) is 12.5. The molecular formula is C13H14ClF3. The van der Waals surface area contributed by atoms with E-state index in [1.165, 1.54) is 0 Å². The van der Waals surface area contributed by atoms with Gasteiger partial charge < -0.3 is 0 Å². The average molecular weight is 263 g/mol. The van der Waals surface area contributed by atoms with Crippen molar-refractivity contribution in [1.82, 2.24) is 0 Å². The fraction of sp³-hybridized carbons (Fsp3) is 0.538. The molecular weight excluding hydrogens is 249 g/mol. The van der Waals surface area contributed by atoms with Gasteiger partial charge in [-0.1, -0.05) is 18.6 Å². The Morgan fingerprint density at radius 3 is 2.24 bits per heavy atom. The second-order valence-corrected chi connectivity index (χ2v) is 5.17. The van der Waals surface area contributed by atoms with E-state index < -0.39 is 11.7 Å². The van der Waals surface area contributed by atoms with Crippen LogP contribution in [0.2, 0.25) is 0 Å². The second kappa shape index (κ2) is 4.89. The van der Waals surface area contributed by atoms with Crippen molar-refractivity contribution >= 4 is 11.6 Å². The first-order valence-corrected chi connectivity index (χ1v) is 6.20. The van der Waals surface area contributed by atoms with E-state index in [-0.39, 0.29) is 5.38 Å². The number of hydrogen-bond donors (Lipinski definition) is 0. The quantitative estimate of drug-likeness (QED) is 0.680. The molecule has 0 radical (unpaired) electrons. The molecule has 0 aromatic heterocycles. The Kier molecular flexibility index (Phi) is 3.67. The number of alkyl halides is 4. The van der Waals surface area contributed by atoms with E-state index in [0.29, 0.717) is 5.92 Å². The van der Waals surface area contributed by atoms with Crippen LogP contribution in [0.1, 0.15) is 30.4 Å². The topological polar surface area (TPSA) is 0 Å². The highest BCUT2D eigenvalue weighted by atomic mass is 35.5. The van der Waals surface area contributed by atoms with Gasteiger partial charge >= 0.3 is 6.18 Å². The van der Waals surface area contributed by atoms with Crippen molar-refractivity contribution in [2.45, 2.75) is 37.2 Å². The van der Waals surface area contributed by atoms with Gasteiger partial charge in [0.25, 0.3) is 0 Å². The molecule has 1 fully saturated rings. The standard InChI is InChI=1S/C13H14ClF3/c14-12-3-1-2-10(12)8-9-4-6-11(7-5-9)13(15,16)17/h4-7,10,12H,1-3,8H2. The van der Waals surface area contributed by atoms with Crippen LogP contribution < -0.4 is 0 Å². The van der Waals surface area contributed by atoms with Gasteiger partial charge in [-0.2, -0.15) is 13.2 Å². The van der Waals surface area contributed by atoms with E-state index in [1.54, 1.807) is 12.1 Å². The van der Waals surface area contributed by atoms with Crippen LogP contribution in [0.25, 0.3) is 0 Å². The molecule has 0 N–H and O–H groups in total. The molecule has 1 aromatic carbocycles. The molecule has 0 spiro atoms. The van der Waals surface area contributed by atoms with Crippen molar-refractivity contribution < 1.29 is 13.2 Å². The molecule has 4 heteroatoms. The summed E-state index contributed by atoms with van der Waals surface area (Å²) >= 11 is 6.15. The van der Waals surface area contributed by atoms with E-state index in [0.717, 1.165) is 43.4 Å². The minimum absolute atomic E-state index is 0.178. The van der Waals surface area contributed by atoms with Gasteiger partial charge in [0.2, 0.25) is 0 Å². The predicted molar refractivity (Wildman–Crippen MR) is 62.1 cm³/mol. The van der Waals surface area contributed by atoms with E-state index >= 15 is 0 Å². The molecule has 0 nitrogen and oxygen atoms in total. The van der Waals surface area contributed by atoms with E-state index in [2.05, 4.69) is 0 Å². The summed E-state index contributed by atoms with van der Waals surface area (Å²) < 4.78 is 37.1. The first-order chi connectivity index (χ1) is 7.97. The summed E-state index contributed by atoms with van der Waals surface area (Å²) in [5, 5.41) is 0.178. The van der Waals surface area contributed by atoms with E-state index in [1.807, 2.05) is 0 Å². The molecule has 2 rings (SSSR count). The molecule has 2 unspecified atom stereocenters. The zero-order valence-electron chi connectivity index (χ0n) is 9.30. The van der Waals surface area contributed by atoms with E-state index in [4.69, 9.17) is 11.6 Å². The number of halogens is 4. The fourth-order valence-electron chi connectivity index (χ4n) is 2.35. The van der Waals surface area contributed by atoms with Gasteiger partial charge in [0.15, 0.2) is 0 Å². The molecule has 1 aromatic rings. The molecule has 0 amide bonds.